The summed E-state index contributed by atoms with van der Waals surface area (Å²) < 4.78 is 45.4. The van der Waals surface area contributed by atoms with Crippen molar-refractivity contribution in [3.05, 3.63) is 24.5 Å². The summed E-state index contributed by atoms with van der Waals surface area (Å²) in [4.78, 5) is 26.8. The molecule has 0 amide bonds. The van der Waals surface area contributed by atoms with Crippen molar-refractivity contribution in [2.24, 2.45) is 0 Å². The fourth-order valence-corrected chi connectivity index (χ4v) is 4.26. The van der Waals surface area contributed by atoms with Gasteiger partial charge >= 0.3 is 12.1 Å². The third kappa shape index (κ3) is 4.78. The SMILES string of the molecule is CC1(n2nc(-c3noc(C4CC4)c3-c3ncc(OC4CNC4)cn3)c3c(N)ncnc32)CC1.O=C(O)C(F)(F)F. The fraction of sp³-hybridized carbons (Fsp3) is 0.458. The maximum absolute atomic E-state index is 10.6. The number of fused-ring (bicyclic) bond motifs is 1. The zero-order valence-electron chi connectivity index (χ0n) is 21.1. The van der Waals surface area contributed by atoms with Gasteiger partial charge in [-0.1, -0.05) is 5.16 Å². The van der Waals surface area contributed by atoms with Gasteiger partial charge in [0.05, 0.1) is 28.9 Å². The Balaban J connectivity index is 0.000000370. The van der Waals surface area contributed by atoms with Crippen molar-refractivity contribution in [2.45, 2.75) is 56.3 Å². The number of aromatic nitrogens is 7. The molecule has 0 atom stereocenters. The van der Waals surface area contributed by atoms with Gasteiger partial charge in [0, 0.05) is 19.0 Å². The molecule has 1 aliphatic heterocycles. The van der Waals surface area contributed by atoms with E-state index in [1.54, 1.807) is 12.4 Å². The van der Waals surface area contributed by atoms with E-state index in [0.717, 1.165) is 50.1 Å². The average Bonchev–Trinajstić information content (AvgIpc) is 3.79. The van der Waals surface area contributed by atoms with Crippen molar-refractivity contribution in [2.75, 3.05) is 18.8 Å². The molecule has 0 aromatic carbocycles. The van der Waals surface area contributed by atoms with Crippen LogP contribution >= 0.6 is 0 Å². The zero-order chi connectivity index (χ0) is 28.2. The van der Waals surface area contributed by atoms with E-state index in [4.69, 9.17) is 30.0 Å². The molecule has 3 aliphatic rings. The number of carbonyl (C=O) groups is 1. The first-order valence-electron chi connectivity index (χ1n) is 12.5. The number of rotatable bonds is 6. The zero-order valence-corrected chi connectivity index (χ0v) is 21.1. The largest absolute Gasteiger partial charge is 0.490 e. The van der Waals surface area contributed by atoms with Gasteiger partial charge in [0.25, 0.3) is 0 Å². The summed E-state index contributed by atoms with van der Waals surface area (Å²) in [7, 11) is 0. The molecule has 3 fully saturated rings. The van der Waals surface area contributed by atoms with E-state index in [2.05, 4.69) is 37.3 Å². The molecule has 0 unspecified atom stereocenters. The topological polar surface area (TPSA) is 180 Å². The van der Waals surface area contributed by atoms with Crippen molar-refractivity contribution in [3.63, 3.8) is 0 Å². The molecule has 4 aromatic rings. The first-order chi connectivity index (χ1) is 19.0. The summed E-state index contributed by atoms with van der Waals surface area (Å²) in [6.07, 6.45) is 4.13. The number of nitrogens with one attached hydrogen (secondary N) is 1. The molecule has 2 saturated carbocycles. The molecule has 4 aromatic heterocycles. The van der Waals surface area contributed by atoms with Gasteiger partial charge in [0.2, 0.25) is 0 Å². The van der Waals surface area contributed by atoms with Crippen LogP contribution in [0.2, 0.25) is 0 Å². The van der Waals surface area contributed by atoms with Crippen LogP contribution in [0.5, 0.6) is 5.75 Å². The van der Waals surface area contributed by atoms with Crippen molar-refractivity contribution in [1.82, 2.24) is 40.2 Å². The van der Waals surface area contributed by atoms with E-state index in [0.29, 0.717) is 45.7 Å². The Bertz CT molecular complexity index is 1570. The fourth-order valence-electron chi connectivity index (χ4n) is 4.26. The second kappa shape index (κ2) is 9.39. The molecule has 0 bridgehead atoms. The lowest BCUT2D eigenvalue weighted by molar-refractivity contribution is -0.192. The van der Waals surface area contributed by atoms with E-state index in [1.165, 1.54) is 6.33 Å². The first kappa shape index (κ1) is 25.9. The van der Waals surface area contributed by atoms with Gasteiger partial charge < -0.3 is 25.4 Å². The lowest BCUT2D eigenvalue weighted by Crippen LogP contribution is -2.50. The summed E-state index contributed by atoms with van der Waals surface area (Å²) in [5.41, 5.74) is 8.87. The number of nitrogens with two attached hydrogens (primary N) is 1. The van der Waals surface area contributed by atoms with E-state index < -0.39 is 12.1 Å². The minimum absolute atomic E-state index is 0.0770. The number of hydrogen-bond acceptors (Lipinski definition) is 11. The summed E-state index contributed by atoms with van der Waals surface area (Å²) in [5.74, 6) is -0.116. The van der Waals surface area contributed by atoms with Gasteiger partial charge in [-0.05, 0) is 32.6 Å². The maximum atomic E-state index is 10.6. The van der Waals surface area contributed by atoms with Crippen molar-refractivity contribution < 1.29 is 32.3 Å². The summed E-state index contributed by atoms with van der Waals surface area (Å²) in [5, 5.41) is 20.4. The Morgan fingerprint density at radius 3 is 2.40 bits per heavy atom. The van der Waals surface area contributed by atoms with Gasteiger partial charge in [-0.3, -0.25) is 0 Å². The number of alkyl halides is 3. The number of carboxylic acid groups (broad SMARTS) is 1. The second-order valence-corrected chi connectivity index (χ2v) is 10.2. The Morgan fingerprint density at radius 1 is 1.18 bits per heavy atom. The number of ether oxygens (including phenoxy) is 1. The number of hydrogen-bond donors (Lipinski definition) is 3. The highest BCUT2D eigenvalue weighted by Crippen LogP contribution is 2.49. The lowest BCUT2D eigenvalue weighted by Gasteiger charge is -2.27. The minimum Gasteiger partial charge on any atom is -0.485 e. The number of nitrogens with zero attached hydrogens (tertiary/aromatic N) is 7. The van der Waals surface area contributed by atoms with Gasteiger partial charge in [-0.15, -0.1) is 0 Å². The van der Waals surface area contributed by atoms with Crippen molar-refractivity contribution in [1.29, 1.82) is 0 Å². The molecule has 4 N–H and O–H groups in total. The van der Waals surface area contributed by atoms with E-state index >= 15 is 0 Å². The number of aliphatic carboxylic acids is 1. The molecule has 0 spiro atoms. The van der Waals surface area contributed by atoms with Crippen LogP contribution in [0.15, 0.2) is 23.2 Å². The number of anilines is 1. The Morgan fingerprint density at radius 2 is 1.85 bits per heavy atom. The molecule has 40 heavy (non-hydrogen) atoms. The molecule has 7 rings (SSSR count). The van der Waals surface area contributed by atoms with Gasteiger partial charge in [-0.2, -0.15) is 18.3 Å². The predicted molar refractivity (Wildman–Crippen MR) is 132 cm³/mol. The average molecular weight is 560 g/mol. The van der Waals surface area contributed by atoms with Crippen LogP contribution in [0.3, 0.4) is 0 Å². The lowest BCUT2D eigenvalue weighted by atomic mass is 10.1. The summed E-state index contributed by atoms with van der Waals surface area (Å²) in [6, 6.07) is 0. The van der Waals surface area contributed by atoms with Crippen LogP contribution in [0.1, 0.15) is 44.3 Å². The highest BCUT2D eigenvalue weighted by Gasteiger charge is 2.43. The Hall–Kier alpha value is -4.34. The van der Waals surface area contributed by atoms with Crippen LogP contribution in [-0.2, 0) is 10.3 Å². The van der Waals surface area contributed by atoms with Crippen molar-refractivity contribution >= 4 is 22.8 Å². The normalized spacial score (nSPS) is 18.1. The Labute approximate surface area is 224 Å². The van der Waals surface area contributed by atoms with E-state index in [9.17, 15) is 13.2 Å². The standard InChI is InChI=1S/C22H23N9O2.C2HF3O2/c1-22(4-5-22)31-21-15(19(23)27-10-28-21)16(29-31)17-14(18(33-30-17)11-2-3-11)20-25-8-13(9-26-20)32-12-6-24-7-12;3-2(4,5)1(6)7/h8-12,24H,2-7H2,1H3,(H2,23,27,28);(H,6,7). The highest BCUT2D eigenvalue weighted by atomic mass is 19.4. The van der Waals surface area contributed by atoms with Crippen molar-refractivity contribution in [3.8, 4) is 28.5 Å². The molecule has 210 valence electrons. The van der Waals surface area contributed by atoms with Crippen LogP contribution in [0.25, 0.3) is 33.8 Å². The van der Waals surface area contributed by atoms with E-state index in [1.807, 2.05) is 4.68 Å². The maximum Gasteiger partial charge on any atom is 0.490 e. The van der Waals surface area contributed by atoms with Gasteiger partial charge in [0.1, 0.15) is 29.6 Å². The molecule has 0 radical (unpaired) electrons. The summed E-state index contributed by atoms with van der Waals surface area (Å²) >= 11 is 0. The highest BCUT2D eigenvalue weighted by molar-refractivity contribution is 6.00. The summed E-state index contributed by atoms with van der Waals surface area (Å²) in [6.45, 7) is 3.84. The smallest absolute Gasteiger partial charge is 0.485 e. The molecular formula is C24H24F3N9O4. The third-order valence-electron chi connectivity index (χ3n) is 7.01. The van der Waals surface area contributed by atoms with Crippen LogP contribution in [-0.4, -0.2) is 71.3 Å². The number of halogens is 3. The quantitative estimate of drug-likeness (QED) is 0.315. The first-order valence-corrected chi connectivity index (χ1v) is 12.5. The van der Waals surface area contributed by atoms with Gasteiger partial charge in [0.15, 0.2) is 23.0 Å². The molecule has 5 heterocycles. The van der Waals surface area contributed by atoms with Crippen LogP contribution < -0.4 is 15.8 Å². The van der Waals surface area contributed by atoms with Crippen LogP contribution in [0, 0.1) is 0 Å². The molecule has 1 saturated heterocycles. The monoisotopic (exact) mass is 559 g/mol. The molecule has 2 aliphatic carbocycles. The number of nitrogen functional groups attached to an aromatic ring is 1. The molecular weight excluding hydrogens is 535 g/mol. The Kier molecular flexibility index (Phi) is 6.08. The predicted octanol–water partition coefficient (Wildman–Crippen LogP) is 2.89. The molecule has 16 heteroatoms. The molecule has 13 nitrogen and oxygen atoms in total. The minimum atomic E-state index is -5.08. The third-order valence-corrected chi connectivity index (χ3v) is 7.01. The van der Waals surface area contributed by atoms with Crippen LogP contribution in [0.4, 0.5) is 19.0 Å². The van der Waals surface area contributed by atoms with Gasteiger partial charge in [-0.25, -0.2) is 29.4 Å². The second-order valence-electron chi connectivity index (χ2n) is 10.2. The number of carboxylic acids is 1. The van der Waals surface area contributed by atoms with E-state index in [-0.39, 0.29) is 11.6 Å².